The molecular formula is C81H56N6O18. The summed E-state index contributed by atoms with van der Waals surface area (Å²) in [6.07, 6.45) is 0. The minimum atomic E-state index is -0.824. The SMILES string of the molecule is Nc1ccc(Oc2ccc(N)cc2)cc1.Nc1cccc(Oc2ccc(-c3ccc(Oc4cccc(N)c4)cc3)cc2)c1.Nc1cccc(Oc2cccc(Oc3cccc(N)c3)c2)c1.O=C(c1ccc2c(c1)C(=O)OC2=O)c1ccc2c(c1)C(=O)OC2=O.O=c1oc(=O)c2cc3c(=O)oc(=O)c3cc12. The normalized spacial score (nSPS) is 11.5. The maximum absolute atomic E-state index is 12.5. The van der Waals surface area contributed by atoms with Crippen LogP contribution in [0, 0.1) is 0 Å². The van der Waals surface area contributed by atoms with E-state index in [2.05, 4.69) is 18.3 Å². The molecule has 4 heterocycles. The van der Waals surface area contributed by atoms with E-state index in [-0.39, 0.29) is 54.9 Å². The third-order valence-corrected chi connectivity index (χ3v) is 15.4. The summed E-state index contributed by atoms with van der Waals surface area (Å²) in [5.41, 5.74) is 37.7. The Kier molecular flexibility index (Phi) is 20.4. The maximum Gasteiger partial charge on any atom is 0.346 e. The third kappa shape index (κ3) is 17.2. The smallest absolute Gasteiger partial charge is 0.346 e. The number of nitrogens with two attached hydrogens (primary N) is 6. The molecule has 0 amide bonds. The fourth-order valence-electron chi connectivity index (χ4n) is 10.4. The Labute approximate surface area is 593 Å². The summed E-state index contributed by atoms with van der Waals surface area (Å²) in [7, 11) is 0. The van der Waals surface area contributed by atoms with Gasteiger partial charge in [-0.25, -0.2) is 38.4 Å². The summed E-state index contributed by atoms with van der Waals surface area (Å²) in [4.78, 5) is 103. The van der Waals surface area contributed by atoms with Crippen molar-refractivity contribution in [1.82, 2.24) is 0 Å². The zero-order chi connectivity index (χ0) is 73.8. The van der Waals surface area contributed by atoms with Crippen LogP contribution in [0.4, 0.5) is 34.1 Å². The number of anilines is 6. The van der Waals surface area contributed by atoms with Gasteiger partial charge in [0.2, 0.25) is 0 Å². The Hall–Kier alpha value is -15.3. The molecule has 0 spiro atoms. The molecule has 0 saturated heterocycles. The van der Waals surface area contributed by atoms with Crippen molar-refractivity contribution in [2.75, 3.05) is 34.4 Å². The van der Waals surface area contributed by atoms with Gasteiger partial charge >= 0.3 is 46.4 Å². The second kappa shape index (κ2) is 30.8. The Bertz CT molecular complexity index is 5450. The van der Waals surface area contributed by atoms with Gasteiger partial charge in [0.15, 0.2) is 5.78 Å². The van der Waals surface area contributed by atoms with Crippen LogP contribution in [0.25, 0.3) is 32.7 Å². The van der Waals surface area contributed by atoms with Gasteiger partial charge in [0.05, 0.1) is 43.8 Å². The number of rotatable bonds is 13. The Morgan fingerprint density at radius 3 is 0.800 bits per heavy atom. The summed E-state index contributed by atoms with van der Waals surface area (Å²) in [5.74, 6) is 3.57. The van der Waals surface area contributed by atoms with E-state index in [1.165, 1.54) is 36.4 Å². The lowest BCUT2D eigenvalue weighted by molar-refractivity contribution is 0.0425. The number of hydrogen-bond donors (Lipinski definition) is 6. The first-order valence-electron chi connectivity index (χ1n) is 31.5. The van der Waals surface area contributed by atoms with E-state index in [0.717, 1.165) is 69.1 Å². The zero-order valence-corrected chi connectivity index (χ0v) is 54.7. The molecule has 16 rings (SSSR count). The van der Waals surface area contributed by atoms with Crippen molar-refractivity contribution in [3.05, 3.63) is 342 Å². The van der Waals surface area contributed by atoms with E-state index in [0.29, 0.717) is 45.7 Å². The topological polar surface area (TPSA) is 401 Å². The van der Waals surface area contributed by atoms with Crippen LogP contribution in [0.15, 0.2) is 295 Å². The molecule has 0 fully saturated rings. The lowest BCUT2D eigenvalue weighted by Gasteiger charge is -2.09. The van der Waals surface area contributed by atoms with Gasteiger partial charge < -0.3 is 76.4 Å². The van der Waals surface area contributed by atoms with Crippen LogP contribution in [0.3, 0.4) is 0 Å². The average molecular weight is 1400 g/mol. The molecule has 0 unspecified atom stereocenters. The molecule has 24 nitrogen and oxygen atoms in total. The highest BCUT2D eigenvalue weighted by molar-refractivity contribution is 6.19. The maximum atomic E-state index is 12.5. The molecule has 12 aromatic carbocycles. The van der Waals surface area contributed by atoms with E-state index in [1.807, 2.05) is 170 Å². The summed E-state index contributed by atoms with van der Waals surface area (Å²) in [6, 6.07) is 77.3. The summed E-state index contributed by atoms with van der Waals surface area (Å²) in [5, 5.41) is -0.0726. The summed E-state index contributed by atoms with van der Waals surface area (Å²) >= 11 is 0. The standard InChI is InChI=1S/C24H20N2O2.C18H16N2O2.C17H6O7.C12H12N2O.C10H2O6/c25-19-3-1-5-23(15-19)27-21-11-7-17(8-12-21)18-9-13-22(14-10-18)28-24-6-2-4-20(26)16-24;19-13-4-1-6-15(10-13)21-17-8-3-9-18(12-17)22-16-7-2-5-14(20)11-16;18-13(7-1-3-9-11(5-7)16(21)23-14(9)19)8-2-4-10-12(6-8)17(22)24-15(10)20;13-9-1-5-11(6-2-9)15-12-7-3-10(14)4-8-12;11-7-3-1-4-6(10(14)16-8(4)12)2-5(3)9(13)15-7/h1-16H,25-26H2;1-12H,19-20H2;1-6H;1-8H,13-14H2;1-2H. The molecule has 105 heavy (non-hydrogen) atoms. The Morgan fingerprint density at radius 2 is 0.495 bits per heavy atom. The fourth-order valence-corrected chi connectivity index (χ4v) is 10.4. The number of cyclic esters (lactones) is 4. The van der Waals surface area contributed by atoms with Crippen LogP contribution in [-0.2, 0) is 9.47 Å². The summed E-state index contributed by atoms with van der Waals surface area (Å²) < 4.78 is 46.4. The lowest BCUT2D eigenvalue weighted by atomic mass is 9.96. The van der Waals surface area contributed by atoms with Crippen molar-refractivity contribution >= 4 is 85.3 Å². The highest BCUT2D eigenvalue weighted by atomic mass is 16.6. The number of carbonyl (C=O) groups excluding carboxylic acids is 5. The monoisotopic (exact) mass is 1400 g/mol. The molecule has 0 radical (unpaired) electrons. The van der Waals surface area contributed by atoms with Crippen molar-refractivity contribution in [3.63, 3.8) is 0 Å². The van der Waals surface area contributed by atoms with E-state index < -0.39 is 52.2 Å². The third-order valence-electron chi connectivity index (χ3n) is 15.4. The van der Waals surface area contributed by atoms with Crippen molar-refractivity contribution in [2.45, 2.75) is 0 Å². The zero-order valence-electron chi connectivity index (χ0n) is 54.7. The molecule has 2 aromatic heterocycles. The van der Waals surface area contributed by atoms with E-state index in [9.17, 15) is 43.2 Å². The van der Waals surface area contributed by atoms with Crippen LogP contribution >= 0.6 is 0 Å². The van der Waals surface area contributed by atoms with Crippen molar-refractivity contribution in [3.8, 4) is 68.6 Å². The van der Waals surface area contributed by atoms with Crippen LogP contribution in [0.5, 0.6) is 57.5 Å². The van der Waals surface area contributed by atoms with Crippen LogP contribution in [0.1, 0.15) is 57.4 Å². The van der Waals surface area contributed by atoms with Crippen molar-refractivity contribution < 1.29 is 66.0 Å². The van der Waals surface area contributed by atoms with Gasteiger partial charge in [0, 0.05) is 75.6 Å². The number of hydrogen-bond acceptors (Lipinski definition) is 24. The van der Waals surface area contributed by atoms with Crippen molar-refractivity contribution in [2.24, 2.45) is 0 Å². The molecule has 0 bridgehead atoms. The molecule has 12 N–H and O–H groups in total. The van der Waals surface area contributed by atoms with Gasteiger partial charge in [-0.05, 0) is 181 Å². The highest BCUT2D eigenvalue weighted by Gasteiger charge is 2.33. The second-order valence-electron chi connectivity index (χ2n) is 23.0. The van der Waals surface area contributed by atoms with Crippen LogP contribution in [0.2, 0.25) is 0 Å². The van der Waals surface area contributed by atoms with Gasteiger partial charge in [-0.15, -0.1) is 0 Å². The largest absolute Gasteiger partial charge is 0.457 e. The first-order chi connectivity index (χ1) is 50.6. The van der Waals surface area contributed by atoms with Gasteiger partial charge in [-0.2, -0.15) is 0 Å². The molecule has 24 heteroatoms. The Morgan fingerprint density at radius 1 is 0.238 bits per heavy atom. The van der Waals surface area contributed by atoms with Crippen LogP contribution < -0.4 is 80.6 Å². The predicted octanol–water partition coefficient (Wildman–Crippen LogP) is 14.2. The number of nitrogen functional groups attached to an aromatic ring is 6. The van der Waals surface area contributed by atoms with Crippen molar-refractivity contribution in [1.29, 1.82) is 0 Å². The predicted molar refractivity (Wildman–Crippen MR) is 393 cm³/mol. The molecule has 518 valence electrons. The molecule has 0 aliphatic carbocycles. The van der Waals surface area contributed by atoms with Gasteiger partial charge in [0.25, 0.3) is 0 Å². The van der Waals surface area contributed by atoms with E-state index >= 15 is 0 Å². The molecular weight excluding hydrogens is 1340 g/mol. The minimum Gasteiger partial charge on any atom is -0.457 e. The minimum absolute atomic E-state index is 0.0154. The number of benzene rings is 12. The second-order valence-corrected chi connectivity index (χ2v) is 23.0. The number of carbonyl (C=O) groups is 5. The molecule has 2 aliphatic heterocycles. The Balaban J connectivity index is 0.000000125. The number of ketones is 1. The first-order valence-corrected chi connectivity index (χ1v) is 31.5. The number of fused-ring (bicyclic) bond motifs is 4. The number of furan rings is 2. The van der Waals surface area contributed by atoms with E-state index in [1.54, 1.807) is 48.5 Å². The van der Waals surface area contributed by atoms with Crippen LogP contribution in [-0.4, -0.2) is 29.7 Å². The number of ether oxygens (including phenoxy) is 7. The summed E-state index contributed by atoms with van der Waals surface area (Å²) in [6.45, 7) is 0. The molecule has 0 saturated carbocycles. The molecule has 14 aromatic rings. The average Bonchev–Trinajstić information content (AvgIpc) is 1.62. The van der Waals surface area contributed by atoms with E-state index in [4.69, 9.17) is 58.1 Å². The molecule has 0 atom stereocenters. The lowest BCUT2D eigenvalue weighted by Crippen LogP contribution is -2.05. The quantitative estimate of drug-likeness (QED) is 0.0270. The fraction of sp³-hybridized carbons (Fsp3) is 0. The number of esters is 4. The first kappa shape index (κ1) is 69.6. The molecule has 2 aliphatic rings. The van der Waals surface area contributed by atoms with Gasteiger partial charge in [-0.3, -0.25) is 4.79 Å². The van der Waals surface area contributed by atoms with Gasteiger partial charge in [-0.1, -0.05) is 66.7 Å². The highest BCUT2D eigenvalue weighted by Crippen LogP contribution is 2.33. The van der Waals surface area contributed by atoms with Gasteiger partial charge in [0.1, 0.15) is 57.5 Å².